The van der Waals surface area contributed by atoms with E-state index in [-0.39, 0.29) is 22.8 Å². The lowest BCUT2D eigenvalue weighted by Crippen LogP contribution is -2.44. The zero-order chi connectivity index (χ0) is 28.3. The van der Waals surface area contributed by atoms with E-state index in [1.807, 2.05) is 6.07 Å². The van der Waals surface area contributed by atoms with Gasteiger partial charge in [-0.05, 0) is 50.3 Å². The van der Waals surface area contributed by atoms with E-state index in [1.54, 1.807) is 0 Å². The largest absolute Gasteiger partial charge is 0.486 e. The first-order valence-electron chi connectivity index (χ1n) is 13.2. The van der Waals surface area contributed by atoms with Crippen molar-refractivity contribution in [2.24, 2.45) is 5.16 Å². The van der Waals surface area contributed by atoms with Crippen LogP contribution in [0.2, 0.25) is 5.02 Å². The van der Waals surface area contributed by atoms with E-state index >= 15 is 0 Å². The Morgan fingerprint density at radius 1 is 1.10 bits per heavy atom. The number of likely N-dealkylation sites (tertiary alicyclic amines) is 1. The fourth-order valence-electron chi connectivity index (χ4n) is 6.01. The van der Waals surface area contributed by atoms with Crippen LogP contribution in [-0.2, 0) is 31.2 Å². The summed E-state index contributed by atoms with van der Waals surface area (Å²) in [5.41, 5.74) is 4.91. The summed E-state index contributed by atoms with van der Waals surface area (Å²) in [7, 11) is 0. The Morgan fingerprint density at radius 3 is 2.31 bits per heavy atom. The van der Waals surface area contributed by atoms with Gasteiger partial charge in [0, 0.05) is 56.8 Å². The Balaban J connectivity index is 0.000000456. The summed E-state index contributed by atoms with van der Waals surface area (Å²) >= 11 is 6.74. The summed E-state index contributed by atoms with van der Waals surface area (Å²) in [6.07, 6.45) is 6.75. The molecule has 0 aromatic heterocycles. The molecular formula is C30H35ClN2O6. The minimum atomic E-state index is -0.833. The van der Waals surface area contributed by atoms with Crippen LogP contribution in [0.3, 0.4) is 0 Å². The van der Waals surface area contributed by atoms with Crippen molar-refractivity contribution in [3.05, 3.63) is 64.2 Å². The summed E-state index contributed by atoms with van der Waals surface area (Å²) in [4.78, 5) is 33.8. The van der Waals surface area contributed by atoms with Crippen molar-refractivity contribution in [3.8, 4) is 5.75 Å². The third-order valence-corrected chi connectivity index (χ3v) is 8.07. The zero-order valence-electron chi connectivity index (χ0n) is 22.7. The Hall–Kier alpha value is -3.19. The molecule has 2 fully saturated rings. The lowest BCUT2D eigenvalue weighted by molar-refractivity contribution is -0.191. The smallest absolute Gasteiger partial charge is 0.373 e. The highest BCUT2D eigenvalue weighted by Gasteiger charge is 2.53. The van der Waals surface area contributed by atoms with Crippen LogP contribution < -0.4 is 4.74 Å². The van der Waals surface area contributed by atoms with Crippen molar-refractivity contribution < 1.29 is 29.1 Å². The first-order valence-corrected chi connectivity index (χ1v) is 13.6. The molecule has 3 aliphatic heterocycles. The number of piperidine rings is 1. The third-order valence-electron chi connectivity index (χ3n) is 7.79. The van der Waals surface area contributed by atoms with Gasteiger partial charge in [-0.25, -0.2) is 0 Å². The van der Waals surface area contributed by atoms with E-state index < -0.39 is 5.97 Å². The minimum absolute atomic E-state index is 0.132. The SMILES string of the molecule is CC(=O)O.CC1(C)CC2(CC2)c2cc(CN3CCC4(CC3)CC(c3ccccc3)=NO4)cc(Cl)c2O1.O=C=O. The summed E-state index contributed by atoms with van der Waals surface area (Å²) in [5, 5.41) is 12.6. The minimum Gasteiger partial charge on any atom is -0.486 e. The zero-order valence-corrected chi connectivity index (χ0v) is 23.4. The fraction of sp³-hybridized carbons (Fsp3) is 0.500. The van der Waals surface area contributed by atoms with Gasteiger partial charge >= 0.3 is 6.15 Å². The number of oxime groups is 1. The maximum absolute atomic E-state index is 9.00. The second kappa shape index (κ2) is 11.5. The van der Waals surface area contributed by atoms with Crippen molar-refractivity contribution in [1.82, 2.24) is 4.90 Å². The molecule has 4 aliphatic rings. The number of carboxylic acids is 1. The Kier molecular flexibility index (Phi) is 8.50. The van der Waals surface area contributed by atoms with Crippen molar-refractivity contribution in [2.75, 3.05) is 13.1 Å². The molecule has 2 spiro atoms. The molecule has 0 unspecified atom stereocenters. The highest BCUT2D eigenvalue weighted by Crippen LogP contribution is 2.60. The van der Waals surface area contributed by atoms with Crippen molar-refractivity contribution in [3.63, 3.8) is 0 Å². The molecule has 1 N–H and O–H groups in total. The van der Waals surface area contributed by atoms with Crippen LogP contribution in [0, 0.1) is 0 Å². The number of hydrogen-bond donors (Lipinski definition) is 1. The molecule has 6 rings (SSSR count). The van der Waals surface area contributed by atoms with Gasteiger partial charge in [0.2, 0.25) is 0 Å². The number of aliphatic carboxylic acids is 1. The summed E-state index contributed by atoms with van der Waals surface area (Å²) in [5.74, 6) is 0.0895. The molecule has 8 nitrogen and oxygen atoms in total. The molecule has 1 aliphatic carbocycles. The molecule has 1 saturated carbocycles. The molecule has 0 amide bonds. The van der Waals surface area contributed by atoms with Gasteiger partial charge in [0.1, 0.15) is 17.0 Å². The monoisotopic (exact) mass is 554 g/mol. The van der Waals surface area contributed by atoms with Gasteiger partial charge in [0.25, 0.3) is 5.97 Å². The number of nitrogens with zero attached hydrogens (tertiary/aromatic N) is 2. The first-order chi connectivity index (χ1) is 18.5. The summed E-state index contributed by atoms with van der Waals surface area (Å²) in [6, 6.07) is 14.9. The molecule has 2 aromatic carbocycles. The van der Waals surface area contributed by atoms with E-state index in [0.29, 0.717) is 0 Å². The predicted octanol–water partition coefficient (Wildman–Crippen LogP) is 5.60. The van der Waals surface area contributed by atoms with E-state index in [1.165, 1.54) is 29.5 Å². The van der Waals surface area contributed by atoms with Crippen LogP contribution >= 0.6 is 11.6 Å². The van der Waals surface area contributed by atoms with Gasteiger partial charge in [-0.1, -0.05) is 53.2 Å². The molecule has 0 bridgehead atoms. The predicted molar refractivity (Wildman–Crippen MR) is 146 cm³/mol. The van der Waals surface area contributed by atoms with Crippen molar-refractivity contribution >= 4 is 29.4 Å². The van der Waals surface area contributed by atoms with Crippen LogP contribution in [-0.4, -0.2) is 52.1 Å². The van der Waals surface area contributed by atoms with Crippen molar-refractivity contribution in [1.29, 1.82) is 0 Å². The molecule has 3 heterocycles. The number of carboxylic acid groups (broad SMARTS) is 1. The Bertz CT molecular complexity index is 1250. The van der Waals surface area contributed by atoms with Gasteiger partial charge in [-0.2, -0.15) is 9.59 Å². The molecule has 0 radical (unpaired) electrons. The van der Waals surface area contributed by atoms with E-state index in [9.17, 15) is 0 Å². The third kappa shape index (κ3) is 6.88. The highest BCUT2D eigenvalue weighted by molar-refractivity contribution is 6.32. The van der Waals surface area contributed by atoms with E-state index in [2.05, 4.69) is 60.3 Å². The number of benzene rings is 2. The molecular weight excluding hydrogens is 520 g/mol. The summed E-state index contributed by atoms with van der Waals surface area (Å²) < 4.78 is 6.31. The maximum Gasteiger partial charge on any atom is 0.373 e. The topological polar surface area (TPSA) is 106 Å². The Labute approximate surface area is 233 Å². The van der Waals surface area contributed by atoms with Gasteiger partial charge in [0.05, 0.1) is 10.7 Å². The van der Waals surface area contributed by atoms with Crippen LogP contribution in [0.5, 0.6) is 5.75 Å². The van der Waals surface area contributed by atoms with Gasteiger partial charge in [-0.3, -0.25) is 9.69 Å². The summed E-state index contributed by atoms with van der Waals surface area (Å²) in [6.45, 7) is 8.40. The molecule has 2 aromatic rings. The lowest BCUT2D eigenvalue weighted by atomic mass is 9.81. The molecule has 0 atom stereocenters. The normalized spacial score (nSPS) is 21.0. The van der Waals surface area contributed by atoms with Gasteiger partial charge in [0.15, 0.2) is 0 Å². The average molecular weight is 555 g/mol. The van der Waals surface area contributed by atoms with Crippen LogP contribution in [0.1, 0.15) is 76.0 Å². The fourth-order valence-corrected chi connectivity index (χ4v) is 6.29. The number of ether oxygens (including phenoxy) is 1. The lowest BCUT2D eigenvalue weighted by Gasteiger charge is -2.39. The number of halogens is 1. The highest BCUT2D eigenvalue weighted by atomic mass is 35.5. The van der Waals surface area contributed by atoms with Gasteiger partial charge < -0.3 is 14.7 Å². The van der Waals surface area contributed by atoms with Gasteiger partial charge in [-0.15, -0.1) is 0 Å². The first kappa shape index (κ1) is 28.8. The quantitative estimate of drug-likeness (QED) is 0.526. The van der Waals surface area contributed by atoms with Crippen LogP contribution in [0.4, 0.5) is 0 Å². The molecule has 39 heavy (non-hydrogen) atoms. The standard InChI is InChI=1S/C27H31ClN2O2.C2H4O2.CO2/c1-25(2)18-26(8-9-26)21-14-19(15-22(28)24(21)31-25)17-30-12-10-27(11-13-30)16-23(29-32-27)20-6-4-3-5-7-20;1-2(3)4;2-1-3/h3-7,14-15H,8-13,16-18H2,1-2H3;1H3,(H,3,4);. The number of rotatable bonds is 3. The maximum atomic E-state index is 9.00. The van der Waals surface area contributed by atoms with E-state index in [4.69, 9.17) is 40.7 Å². The number of hydrogen-bond acceptors (Lipinski definition) is 7. The molecule has 9 heteroatoms. The number of fused-ring (bicyclic) bond motifs is 2. The van der Waals surface area contributed by atoms with E-state index in [0.717, 1.165) is 68.7 Å². The van der Waals surface area contributed by atoms with Crippen molar-refractivity contribution in [2.45, 2.75) is 82.5 Å². The number of carbonyl (C=O) groups excluding carboxylic acids is 2. The van der Waals surface area contributed by atoms with Crippen LogP contribution in [0.15, 0.2) is 47.6 Å². The second-order valence-electron chi connectivity index (χ2n) is 11.5. The Morgan fingerprint density at radius 2 is 1.72 bits per heavy atom. The molecule has 1 saturated heterocycles. The average Bonchev–Trinajstić information content (AvgIpc) is 3.51. The number of carbonyl (C=O) groups is 1. The second-order valence-corrected chi connectivity index (χ2v) is 11.9. The molecule has 208 valence electrons. The van der Waals surface area contributed by atoms with Crippen LogP contribution in [0.25, 0.3) is 0 Å².